The third kappa shape index (κ3) is 3.77. The molecule has 29 heavy (non-hydrogen) atoms. The van der Waals surface area contributed by atoms with Crippen LogP contribution >= 0.6 is 11.6 Å². The van der Waals surface area contributed by atoms with E-state index in [-0.39, 0.29) is 11.4 Å². The van der Waals surface area contributed by atoms with Gasteiger partial charge in [-0.25, -0.2) is 9.36 Å². The number of nitrogens with zero attached hydrogens (tertiary/aromatic N) is 2. The monoisotopic (exact) mass is 420 g/mol. The van der Waals surface area contributed by atoms with Crippen LogP contribution in [-0.2, 0) is 17.9 Å². The number of Topliss-reactive ketones (excluding diaryl/α,β-unsaturated/α-hetero) is 1. The Morgan fingerprint density at radius 2 is 2.00 bits per heavy atom. The molecule has 2 aromatic rings. The number of ether oxygens (including phenoxy) is 1. The average Bonchev–Trinajstić information content (AvgIpc) is 2.97. The van der Waals surface area contributed by atoms with Gasteiger partial charge in [0.1, 0.15) is 23.7 Å². The van der Waals surface area contributed by atoms with Crippen LogP contribution in [0.1, 0.15) is 30.6 Å². The zero-order valence-corrected chi connectivity index (χ0v) is 17.0. The maximum atomic E-state index is 12.9. The molecule has 10 heteroatoms. The van der Waals surface area contributed by atoms with Crippen molar-refractivity contribution < 1.29 is 14.3 Å². The molecular formula is C19H21ClN4O5. The Morgan fingerprint density at radius 3 is 2.66 bits per heavy atom. The number of carbonyl (C=O) groups is 2. The van der Waals surface area contributed by atoms with E-state index in [2.05, 4.69) is 10.6 Å². The van der Waals surface area contributed by atoms with E-state index in [0.717, 1.165) is 4.57 Å². The smallest absolute Gasteiger partial charge is 0.333 e. The quantitative estimate of drug-likeness (QED) is 0.736. The van der Waals surface area contributed by atoms with Gasteiger partial charge in [0.25, 0.3) is 5.56 Å². The standard InChI is InChI=1S/C19H21ClN4O5/c1-4-7-23-17-15(16(26)10(2)21-17)18(27)24(19(23)28)9-14(25)22-12-8-11(20)5-6-13(12)29-3/h5-6,8,10,21H,4,7,9H2,1-3H3,(H,22,25)/t10-/m0/s1. The molecule has 0 radical (unpaired) electrons. The van der Waals surface area contributed by atoms with Crippen molar-refractivity contribution in [2.24, 2.45) is 0 Å². The molecule has 0 saturated heterocycles. The second kappa shape index (κ2) is 8.12. The first-order valence-electron chi connectivity index (χ1n) is 9.10. The summed E-state index contributed by atoms with van der Waals surface area (Å²) >= 11 is 5.96. The lowest BCUT2D eigenvalue weighted by Crippen LogP contribution is -2.44. The number of anilines is 2. The maximum Gasteiger partial charge on any atom is 0.333 e. The van der Waals surface area contributed by atoms with Crippen molar-refractivity contribution >= 4 is 34.8 Å². The van der Waals surface area contributed by atoms with Crippen molar-refractivity contribution in [3.8, 4) is 5.75 Å². The first-order chi connectivity index (χ1) is 13.8. The van der Waals surface area contributed by atoms with E-state index in [0.29, 0.717) is 29.4 Å². The number of hydrogen-bond acceptors (Lipinski definition) is 6. The van der Waals surface area contributed by atoms with Crippen LogP contribution in [0.15, 0.2) is 27.8 Å². The molecule has 0 fully saturated rings. The molecule has 9 nitrogen and oxygen atoms in total. The highest BCUT2D eigenvalue weighted by atomic mass is 35.5. The van der Waals surface area contributed by atoms with E-state index < -0.39 is 35.5 Å². The maximum absolute atomic E-state index is 12.9. The summed E-state index contributed by atoms with van der Waals surface area (Å²) in [5, 5.41) is 5.86. The van der Waals surface area contributed by atoms with Crippen LogP contribution in [0.3, 0.4) is 0 Å². The van der Waals surface area contributed by atoms with Crippen LogP contribution in [0.2, 0.25) is 5.02 Å². The van der Waals surface area contributed by atoms with Crippen LogP contribution < -0.4 is 26.6 Å². The summed E-state index contributed by atoms with van der Waals surface area (Å²) in [5.41, 5.74) is -1.23. The van der Waals surface area contributed by atoms with Crippen LogP contribution in [0.25, 0.3) is 0 Å². The van der Waals surface area contributed by atoms with E-state index in [9.17, 15) is 19.2 Å². The molecule has 0 spiro atoms. The van der Waals surface area contributed by atoms with Gasteiger partial charge in [-0.05, 0) is 31.5 Å². The minimum atomic E-state index is -0.785. The molecule has 1 aliphatic rings. The molecule has 1 aliphatic heterocycles. The van der Waals surface area contributed by atoms with Crippen LogP contribution in [0.4, 0.5) is 11.5 Å². The number of halogens is 1. The van der Waals surface area contributed by atoms with Crippen molar-refractivity contribution in [1.82, 2.24) is 9.13 Å². The molecule has 2 heterocycles. The Bertz CT molecular complexity index is 1100. The Morgan fingerprint density at radius 1 is 1.28 bits per heavy atom. The van der Waals surface area contributed by atoms with E-state index >= 15 is 0 Å². The number of hydrogen-bond donors (Lipinski definition) is 2. The fourth-order valence-corrected chi connectivity index (χ4v) is 3.41. The van der Waals surface area contributed by atoms with Gasteiger partial charge in [0.2, 0.25) is 5.91 Å². The molecule has 1 atom stereocenters. The fourth-order valence-electron chi connectivity index (χ4n) is 3.24. The van der Waals surface area contributed by atoms with E-state index in [1.807, 2.05) is 6.92 Å². The van der Waals surface area contributed by atoms with Crippen molar-refractivity contribution in [3.63, 3.8) is 0 Å². The second-order valence-electron chi connectivity index (χ2n) is 6.67. The normalized spacial score (nSPS) is 15.0. The second-order valence-corrected chi connectivity index (χ2v) is 7.11. The molecule has 0 unspecified atom stereocenters. The van der Waals surface area contributed by atoms with E-state index in [1.165, 1.54) is 17.7 Å². The summed E-state index contributed by atoms with van der Waals surface area (Å²) < 4.78 is 7.28. The van der Waals surface area contributed by atoms with Crippen molar-refractivity contribution in [1.29, 1.82) is 0 Å². The highest BCUT2D eigenvalue weighted by Crippen LogP contribution is 2.27. The van der Waals surface area contributed by atoms with Gasteiger partial charge in [0.15, 0.2) is 5.78 Å². The summed E-state index contributed by atoms with van der Waals surface area (Å²) in [6.45, 7) is 3.24. The van der Waals surface area contributed by atoms with Gasteiger partial charge in [-0.3, -0.25) is 19.0 Å². The highest BCUT2D eigenvalue weighted by Gasteiger charge is 2.34. The zero-order valence-electron chi connectivity index (χ0n) is 16.2. The molecule has 1 amide bonds. The molecule has 0 bridgehead atoms. The van der Waals surface area contributed by atoms with Crippen molar-refractivity contribution in [2.75, 3.05) is 17.7 Å². The third-order valence-electron chi connectivity index (χ3n) is 4.61. The van der Waals surface area contributed by atoms with Gasteiger partial charge in [0, 0.05) is 11.6 Å². The summed E-state index contributed by atoms with van der Waals surface area (Å²) in [6, 6.07) is 4.07. The number of ketones is 1. The number of aromatic nitrogens is 2. The van der Waals surface area contributed by atoms with Gasteiger partial charge in [-0.2, -0.15) is 0 Å². The summed E-state index contributed by atoms with van der Waals surface area (Å²) in [4.78, 5) is 50.7. The predicted octanol–water partition coefficient (Wildman–Crippen LogP) is 1.72. The first kappa shape index (κ1) is 20.7. The summed E-state index contributed by atoms with van der Waals surface area (Å²) in [7, 11) is 1.44. The van der Waals surface area contributed by atoms with E-state index in [4.69, 9.17) is 16.3 Å². The van der Waals surface area contributed by atoms with Crippen LogP contribution in [0, 0.1) is 0 Å². The number of rotatable bonds is 6. The lowest BCUT2D eigenvalue weighted by molar-refractivity contribution is -0.116. The molecule has 3 rings (SSSR count). The fraction of sp³-hybridized carbons (Fsp3) is 0.368. The summed E-state index contributed by atoms with van der Waals surface area (Å²) in [5.74, 6) is -0.437. The summed E-state index contributed by atoms with van der Waals surface area (Å²) in [6.07, 6.45) is 0.612. The molecule has 1 aromatic carbocycles. The number of amides is 1. The third-order valence-corrected chi connectivity index (χ3v) is 4.84. The number of fused-ring (bicyclic) bond motifs is 1. The SMILES string of the molecule is CCCn1c2c(c(=O)n(CC(=O)Nc3cc(Cl)ccc3OC)c1=O)C(=O)[C@H](C)N2. The Labute approximate surface area is 171 Å². The highest BCUT2D eigenvalue weighted by molar-refractivity contribution is 6.31. The Kier molecular flexibility index (Phi) is 5.78. The molecular weight excluding hydrogens is 400 g/mol. The van der Waals surface area contributed by atoms with E-state index in [1.54, 1.807) is 19.1 Å². The minimum absolute atomic E-state index is 0.0984. The van der Waals surface area contributed by atoms with Gasteiger partial charge in [-0.1, -0.05) is 18.5 Å². The zero-order chi connectivity index (χ0) is 21.3. The first-order valence-corrected chi connectivity index (χ1v) is 9.48. The number of carbonyl (C=O) groups excluding carboxylic acids is 2. The van der Waals surface area contributed by atoms with Gasteiger partial charge in [-0.15, -0.1) is 0 Å². The minimum Gasteiger partial charge on any atom is -0.495 e. The molecule has 1 aromatic heterocycles. The molecule has 154 valence electrons. The topological polar surface area (TPSA) is 111 Å². The number of benzene rings is 1. The molecule has 2 N–H and O–H groups in total. The number of nitrogens with one attached hydrogen (secondary N) is 2. The Balaban J connectivity index is 2.00. The van der Waals surface area contributed by atoms with Crippen molar-refractivity contribution in [2.45, 2.75) is 39.4 Å². The lowest BCUT2D eigenvalue weighted by Gasteiger charge is -2.15. The molecule has 0 aliphatic carbocycles. The van der Waals surface area contributed by atoms with Gasteiger partial charge in [0.05, 0.1) is 18.8 Å². The average molecular weight is 421 g/mol. The lowest BCUT2D eigenvalue weighted by atomic mass is 10.1. The Hall–Kier alpha value is -3.07. The molecule has 0 saturated carbocycles. The van der Waals surface area contributed by atoms with Crippen molar-refractivity contribution in [3.05, 3.63) is 49.6 Å². The van der Waals surface area contributed by atoms with Crippen LogP contribution in [0.5, 0.6) is 5.75 Å². The van der Waals surface area contributed by atoms with Gasteiger partial charge >= 0.3 is 5.69 Å². The van der Waals surface area contributed by atoms with Crippen LogP contribution in [-0.4, -0.2) is 34.0 Å². The largest absolute Gasteiger partial charge is 0.495 e. The predicted molar refractivity (Wildman–Crippen MR) is 109 cm³/mol. The number of methoxy groups -OCH3 is 1. The van der Waals surface area contributed by atoms with Gasteiger partial charge < -0.3 is 15.4 Å².